The number of benzene rings is 2. The van der Waals surface area contributed by atoms with E-state index in [1.165, 1.54) is 15.3 Å². The molecule has 5 nitrogen and oxygen atoms in total. The first-order chi connectivity index (χ1) is 9.92. The number of para-hydroxylation sites is 1. The molecular formula is C14H12ClNO4S. The minimum absolute atomic E-state index is 0.931. The zero-order valence-electron chi connectivity index (χ0n) is 10.8. The van der Waals surface area contributed by atoms with Crippen molar-refractivity contribution < 1.29 is 28.9 Å². The first-order valence-electron chi connectivity index (χ1n) is 5.93. The monoisotopic (exact) mass is 325 g/mol. The lowest BCUT2D eigenvalue weighted by Gasteiger charge is -2.03. The van der Waals surface area contributed by atoms with E-state index in [1.807, 2.05) is 12.1 Å². The normalized spacial score (nSPS) is 11.0. The molecule has 21 heavy (non-hydrogen) atoms. The van der Waals surface area contributed by atoms with Gasteiger partial charge in [-0.2, -0.15) is 14.0 Å². The first kappa shape index (κ1) is 15.8. The molecule has 0 spiro atoms. The predicted molar refractivity (Wildman–Crippen MR) is 71.1 cm³/mol. The molecule has 0 radical (unpaired) electrons. The van der Waals surface area contributed by atoms with E-state index in [1.54, 1.807) is 11.3 Å². The number of hydrogen-bond acceptors (Lipinski definition) is 6. The van der Waals surface area contributed by atoms with E-state index in [0.29, 0.717) is 0 Å². The third-order valence-electron chi connectivity index (χ3n) is 2.54. The maximum absolute atomic E-state index is 8.60. The van der Waals surface area contributed by atoms with Gasteiger partial charge in [-0.05, 0) is 17.7 Å². The van der Waals surface area contributed by atoms with Gasteiger partial charge in [-0.25, -0.2) is 4.98 Å². The first-order valence-corrected chi connectivity index (χ1v) is 8.01. The summed E-state index contributed by atoms with van der Waals surface area (Å²) >= 11 is 1.78. The van der Waals surface area contributed by atoms with Crippen molar-refractivity contribution in [2.75, 3.05) is 0 Å². The number of nitrogens with zero attached hydrogens (tertiary/aromatic N) is 1. The lowest BCUT2D eigenvalue weighted by molar-refractivity contribution is -1.92. The molecule has 0 saturated carbocycles. The second kappa shape index (κ2) is 6.95. The van der Waals surface area contributed by atoms with Crippen molar-refractivity contribution in [2.24, 2.45) is 0 Å². The van der Waals surface area contributed by atoms with Crippen molar-refractivity contribution in [2.45, 2.75) is 6.42 Å². The van der Waals surface area contributed by atoms with Crippen LogP contribution in [0.15, 0.2) is 54.6 Å². The summed E-state index contributed by atoms with van der Waals surface area (Å²) in [6, 6.07) is 18.8. The molecule has 0 bridgehead atoms. The highest BCUT2D eigenvalue weighted by atomic mass is 35.7. The van der Waals surface area contributed by atoms with Crippen LogP contribution < -0.4 is 14.0 Å². The van der Waals surface area contributed by atoms with Crippen molar-refractivity contribution in [1.29, 1.82) is 0 Å². The van der Waals surface area contributed by atoms with Gasteiger partial charge in [0.2, 0.25) is 0 Å². The van der Waals surface area contributed by atoms with Crippen LogP contribution in [0.4, 0.5) is 0 Å². The highest BCUT2D eigenvalue weighted by Gasteiger charge is 2.03. The van der Waals surface area contributed by atoms with Gasteiger partial charge in [-0.15, -0.1) is 11.3 Å². The summed E-state index contributed by atoms with van der Waals surface area (Å²) in [7, 11) is -4.69. The van der Waals surface area contributed by atoms with Crippen LogP contribution in [0.3, 0.4) is 0 Å². The molecule has 2 aromatic carbocycles. The quantitative estimate of drug-likeness (QED) is 0.700. The van der Waals surface area contributed by atoms with Gasteiger partial charge in [0.1, 0.15) is 0 Å². The lowest BCUT2D eigenvalue weighted by Crippen LogP contribution is -2.58. The van der Waals surface area contributed by atoms with Gasteiger partial charge in [0.25, 0.3) is 0 Å². The standard InChI is InChI=1S/C14H11NS.ClHO4/c1-2-6-11(7-3-1)10-14-15-12-8-4-5-9-13(12)16-14;2-1(3,4)5/h1-9H,10H2;(H,2,3,4,5). The Morgan fingerprint density at radius 2 is 1.52 bits per heavy atom. The van der Waals surface area contributed by atoms with Crippen LogP contribution in [-0.2, 0) is 6.42 Å². The van der Waals surface area contributed by atoms with Crippen LogP contribution in [-0.4, -0.2) is 9.64 Å². The molecule has 0 atom stereocenters. The topological polar surface area (TPSA) is 102 Å². The molecule has 1 heterocycles. The van der Waals surface area contributed by atoms with E-state index in [-0.39, 0.29) is 0 Å². The third-order valence-corrected chi connectivity index (χ3v) is 3.57. The largest absolute Gasteiger partial charge is 0.241 e. The maximum Gasteiger partial charge on any atom is 0.0982 e. The van der Waals surface area contributed by atoms with E-state index >= 15 is 0 Å². The highest BCUT2D eigenvalue weighted by molar-refractivity contribution is 7.18. The van der Waals surface area contributed by atoms with Gasteiger partial charge >= 0.3 is 0 Å². The summed E-state index contributed by atoms with van der Waals surface area (Å²) in [6.45, 7) is 0. The molecular weight excluding hydrogens is 314 g/mol. The summed E-state index contributed by atoms with van der Waals surface area (Å²) in [4.78, 5) is 4.63. The Hall–Kier alpha value is -1.54. The van der Waals surface area contributed by atoms with Crippen molar-refractivity contribution in [3.8, 4) is 0 Å². The van der Waals surface area contributed by atoms with Gasteiger partial charge < -0.3 is 0 Å². The van der Waals surface area contributed by atoms with Gasteiger partial charge in [-0.1, -0.05) is 42.5 Å². The van der Waals surface area contributed by atoms with Crippen molar-refractivity contribution in [3.05, 3.63) is 65.2 Å². The number of rotatable bonds is 2. The van der Waals surface area contributed by atoms with E-state index in [9.17, 15) is 0 Å². The second-order valence-electron chi connectivity index (χ2n) is 4.13. The zero-order valence-corrected chi connectivity index (χ0v) is 12.4. The zero-order chi connectivity index (χ0) is 15.3. The van der Waals surface area contributed by atoms with Crippen LogP contribution >= 0.6 is 11.3 Å². The Kier molecular flexibility index (Phi) is 5.24. The fourth-order valence-electron chi connectivity index (χ4n) is 1.77. The van der Waals surface area contributed by atoms with Gasteiger partial charge in [0.05, 0.1) is 30.1 Å². The van der Waals surface area contributed by atoms with Crippen molar-refractivity contribution in [3.63, 3.8) is 0 Å². The summed E-state index contributed by atoms with van der Waals surface area (Å²) in [5.41, 5.74) is 2.43. The van der Waals surface area contributed by atoms with Crippen LogP contribution in [0.2, 0.25) is 0 Å². The summed E-state index contributed by atoms with van der Waals surface area (Å²) in [5, 5.41) is 1.19. The average molecular weight is 326 g/mol. The minimum Gasteiger partial charge on any atom is -0.241 e. The van der Waals surface area contributed by atoms with E-state index in [2.05, 4.69) is 47.4 Å². The Bertz CT molecular complexity index is 658. The van der Waals surface area contributed by atoms with Gasteiger partial charge in [0, 0.05) is 6.42 Å². The molecule has 3 aromatic rings. The van der Waals surface area contributed by atoms with Crippen molar-refractivity contribution in [1.82, 2.24) is 4.98 Å². The molecule has 0 fully saturated rings. The molecule has 1 N–H and O–H groups in total. The molecule has 0 aliphatic rings. The molecule has 110 valence electrons. The van der Waals surface area contributed by atoms with Crippen molar-refractivity contribution >= 4 is 21.6 Å². The maximum atomic E-state index is 8.60. The number of halogens is 1. The van der Waals surface area contributed by atoms with Crippen LogP contribution in [0, 0.1) is 10.2 Å². The fraction of sp³-hybridized carbons (Fsp3) is 0.0714. The summed E-state index contributed by atoms with van der Waals surface area (Å²) in [6.07, 6.45) is 0.931. The second-order valence-corrected chi connectivity index (χ2v) is 6.04. The number of hydrogen-bond donors (Lipinski definition) is 1. The Labute approximate surface area is 127 Å². The smallest absolute Gasteiger partial charge is 0.0982 e. The molecule has 7 heteroatoms. The Morgan fingerprint density at radius 3 is 2.14 bits per heavy atom. The van der Waals surface area contributed by atoms with Crippen LogP contribution in [0.5, 0.6) is 0 Å². The summed E-state index contributed by atoms with van der Waals surface area (Å²) < 4.78 is 34.0. The fourth-order valence-corrected chi connectivity index (χ4v) is 2.77. The van der Waals surface area contributed by atoms with Crippen LogP contribution in [0.1, 0.15) is 10.6 Å². The molecule has 3 rings (SSSR count). The Balaban J connectivity index is 0.000000282. The van der Waals surface area contributed by atoms with Gasteiger partial charge in [-0.3, -0.25) is 0 Å². The lowest BCUT2D eigenvalue weighted by atomic mass is 10.2. The molecule has 1 aromatic heterocycles. The molecule has 0 unspecified atom stereocenters. The summed E-state index contributed by atoms with van der Waals surface area (Å²) in [5.74, 6) is 0. The SMILES string of the molecule is [O-][Cl+3]([O-])([O-])O.c1ccc(Cc2nc3ccccc3s2)cc1. The highest BCUT2D eigenvalue weighted by Crippen LogP contribution is 2.23. The van der Waals surface area contributed by atoms with E-state index in [4.69, 9.17) is 18.6 Å². The van der Waals surface area contributed by atoms with Crippen LogP contribution in [0.25, 0.3) is 10.2 Å². The van der Waals surface area contributed by atoms with E-state index in [0.717, 1.165) is 11.9 Å². The number of thiazole rings is 1. The number of fused-ring (bicyclic) bond motifs is 1. The molecule has 0 saturated heterocycles. The average Bonchev–Trinajstić information content (AvgIpc) is 2.80. The van der Waals surface area contributed by atoms with Gasteiger partial charge in [0.15, 0.2) is 0 Å². The minimum atomic E-state index is -4.69. The molecule has 0 amide bonds. The van der Waals surface area contributed by atoms with E-state index < -0.39 is 10.2 Å². The Morgan fingerprint density at radius 1 is 0.952 bits per heavy atom. The predicted octanol–water partition coefficient (Wildman–Crippen LogP) is -0.237. The molecule has 0 aliphatic heterocycles. The third kappa shape index (κ3) is 5.76. The number of aromatic nitrogens is 1. The molecule has 0 aliphatic carbocycles.